The summed E-state index contributed by atoms with van der Waals surface area (Å²) in [6, 6.07) is 48.8. The first kappa shape index (κ1) is 163. The Kier molecular flexibility index (Phi) is 86.1. The Bertz CT molecular complexity index is 4790. The van der Waals surface area contributed by atoms with Gasteiger partial charge in [0.2, 0.25) is 0 Å². The number of fused-ring (bicyclic) bond motifs is 30. The van der Waals surface area contributed by atoms with E-state index in [1.54, 1.807) is 112 Å². The fourth-order valence-electron chi connectivity index (χ4n) is 24.5. The van der Waals surface area contributed by atoms with E-state index in [2.05, 4.69) is 319 Å². The molecule has 0 aromatic heterocycles. The fraction of sp³-hybridized carbons (Fsp3) is 0.655. The van der Waals surface area contributed by atoms with Gasteiger partial charge in [-0.05, 0) is 284 Å². The van der Waals surface area contributed by atoms with Crippen LogP contribution >= 0.6 is 0 Å². The van der Waals surface area contributed by atoms with E-state index in [0.717, 1.165) is 44.1 Å². The maximum atomic E-state index is 2.85. The van der Waals surface area contributed by atoms with Gasteiger partial charge in [-0.1, -0.05) is 527 Å². The predicted molar refractivity (Wildman–Crippen MR) is 718 cm³/mol. The number of benzene rings is 10. The van der Waals surface area contributed by atoms with Gasteiger partial charge in [0.15, 0.2) is 0 Å². The Morgan fingerprint density at radius 3 is 0.407 bits per heavy atom. The van der Waals surface area contributed by atoms with Crippen molar-refractivity contribution in [3.8, 4) is 0 Å². The zero-order valence-electron chi connectivity index (χ0n) is 102. The first-order chi connectivity index (χ1) is 67.8. The smallest absolute Gasteiger partial charge is 0.0909 e. The minimum absolute atomic E-state index is 0. The third kappa shape index (κ3) is 30.9. The van der Waals surface area contributed by atoms with Crippen molar-refractivity contribution in [3.05, 3.63) is 205 Å². The van der Waals surface area contributed by atoms with Crippen molar-refractivity contribution in [2.45, 2.75) is 583 Å². The molecule has 5 aliphatic heterocycles. The summed E-state index contributed by atoms with van der Waals surface area (Å²) in [6.07, 6.45) is 7.38. The molecule has 150 heavy (non-hydrogen) atoms. The van der Waals surface area contributed by atoms with E-state index in [1.165, 1.54) is 92.4 Å². The molecule has 5 nitrogen and oxygen atoms in total. The Hall–Kier alpha value is -7.50. The van der Waals surface area contributed by atoms with Crippen LogP contribution in [0.25, 0.3) is 53.9 Å². The summed E-state index contributed by atoms with van der Waals surface area (Å²) in [5, 5.41) is 15.1. The molecule has 10 aliphatic rings. The third-order valence-electron chi connectivity index (χ3n) is 32.2. The number of hydrogen-bond acceptors (Lipinski definition) is 5. The van der Waals surface area contributed by atoms with Gasteiger partial charge in [0.05, 0.1) is 6.67 Å². The molecule has 10 aromatic rings. The van der Waals surface area contributed by atoms with Gasteiger partial charge < -0.3 is 24.5 Å². The Morgan fingerprint density at radius 1 is 0.167 bits per heavy atom. The van der Waals surface area contributed by atoms with Crippen LogP contribution in [0.2, 0.25) is 0 Å². The maximum Gasteiger partial charge on any atom is 0.0909 e. The quantitative estimate of drug-likeness (QED) is 0.170. The third-order valence-corrected chi connectivity index (χ3v) is 32.2. The molecule has 0 amide bonds. The standard InChI is InChI=1S/C39H46N2.3C21H27N.C3H8.15C2H6.10CH4/c1-20-17-32-28-13-9-11-15-30(28)36-24(5)26(7)40(38(36)34(32)22(20)3)19-41-27(8)25(6)37-31-16-12-10-14-29(31)33-18-21(2)23(4)35(33)39(37)41;3*1-6-22-15(5)14(4)20-17-10-8-7-9-16(17)18-11-12(2)13(3)19(18)21(20)22;1-3-2;15*1-2;;;;;;;;;;/h9-16,20-27H,17-19H2,1-8H3;3*7-10,12-15H,6,11H2,1-5H3;3H2,1-2H3;15*1-2H3;10*1H4/t20-,21-,22-,23-,24-,25-,26+,27+;3*12-,13-,14-,15+;;;;;;;;;;;;;;;;;;;;;;;;;;/m1111........................../s1. The lowest BCUT2D eigenvalue weighted by Gasteiger charge is -2.38. The van der Waals surface area contributed by atoms with Crippen molar-refractivity contribution in [1.29, 1.82) is 0 Å². The van der Waals surface area contributed by atoms with Crippen molar-refractivity contribution >= 4 is 82.3 Å². The molecule has 10 aromatic carbocycles. The minimum atomic E-state index is 0. The second-order valence-corrected chi connectivity index (χ2v) is 37.6. The van der Waals surface area contributed by atoms with Crippen molar-refractivity contribution in [2.75, 3.05) is 50.8 Å². The van der Waals surface area contributed by atoms with E-state index in [9.17, 15) is 0 Å². The summed E-state index contributed by atoms with van der Waals surface area (Å²) in [5.74, 6) is 9.78. The van der Waals surface area contributed by atoms with Gasteiger partial charge in [-0.25, -0.2) is 0 Å². The van der Waals surface area contributed by atoms with Gasteiger partial charge in [0, 0.05) is 108 Å². The molecular weight excluding hydrogens is 1810 g/mol. The first-order valence-corrected chi connectivity index (χ1v) is 59.5. The molecule has 0 fully saturated rings. The van der Waals surface area contributed by atoms with Crippen LogP contribution in [0.4, 0.5) is 28.4 Å². The molecule has 0 saturated heterocycles. The number of likely N-dealkylation sites (N-methyl/N-ethyl adjacent to an activating group) is 3. The van der Waals surface area contributed by atoms with Crippen LogP contribution in [-0.4, -0.2) is 56.5 Å². The molecule has 0 saturated carbocycles. The summed E-state index contributed by atoms with van der Waals surface area (Å²) in [7, 11) is 0. The Labute approximate surface area is 944 Å². The molecule has 0 bridgehead atoms. The second kappa shape index (κ2) is 79.5. The zero-order chi connectivity index (χ0) is 108. The SMILES string of the molecule is C.C.C.C.C.C.C.C.C.C.CC.CC.CC.CC.CC.CC.CC.CC.CC.CC.CC.CC.CC.CC.CC.CCC.CCN1c2c3c(c4ccccc4c2[C@H](C)[C@@H]1C)C[C@@H](C)[C@H]3C.CCN1c2c3c(c4ccccc4c2[C@H](C)[C@@H]1C)C[C@@H](C)[C@H]3C.CCN1c2c3c(c4ccccc4c2[C@H](C)[C@@H]1C)C[C@@H](C)[C@H]3C.C[C@@H]1Cc2c(c3c(c4ccccc24)[C@H](C)[C@H](C)N3CN2c3c4c(c5ccccc5c3[C@H](C)[C@@H]2C)C[C@@H](C)[C@H]4C)[C@@H]1C. The number of rotatable bonds is 5. The highest BCUT2D eigenvalue weighted by Crippen LogP contribution is 2.62. The van der Waals surface area contributed by atoms with Crippen molar-refractivity contribution < 1.29 is 0 Å². The van der Waals surface area contributed by atoms with Crippen molar-refractivity contribution in [1.82, 2.24) is 0 Å². The molecule has 0 N–H and O–H groups in total. The van der Waals surface area contributed by atoms with Crippen LogP contribution in [0.1, 0.15) is 604 Å². The molecule has 5 aliphatic carbocycles. The van der Waals surface area contributed by atoms with Gasteiger partial charge in [-0.3, -0.25) is 0 Å². The highest BCUT2D eigenvalue weighted by molar-refractivity contribution is 6.03. The average molecular weight is 2080 g/mol. The topological polar surface area (TPSA) is 16.2 Å². The molecule has 870 valence electrons. The minimum Gasteiger partial charge on any atom is -0.368 e. The molecule has 5 heterocycles. The predicted octanol–water partition coefficient (Wildman–Crippen LogP) is 49.4. The summed E-state index contributed by atoms with van der Waals surface area (Å²) in [4.78, 5) is 13.7. The number of nitrogens with zero attached hydrogens (tertiary/aromatic N) is 5. The van der Waals surface area contributed by atoms with Crippen LogP contribution in [0.15, 0.2) is 121 Å². The average Bonchev–Trinajstić information content (AvgIpc) is 1.52. The van der Waals surface area contributed by atoms with E-state index in [-0.39, 0.29) is 74.3 Å². The zero-order valence-corrected chi connectivity index (χ0v) is 102. The Balaban J connectivity index is -0.000000200. The van der Waals surface area contributed by atoms with Crippen molar-refractivity contribution in [2.24, 2.45) is 29.6 Å². The van der Waals surface area contributed by atoms with Crippen molar-refractivity contribution in [3.63, 3.8) is 0 Å². The van der Waals surface area contributed by atoms with Crippen LogP contribution < -0.4 is 24.5 Å². The van der Waals surface area contributed by atoms with E-state index in [1.807, 2.05) is 208 Å². The normalized spacial score (nSPS) is 22.6. The van der Waals surface area contributed by atoms with Crippen LogP contribution in [0.3, 0.4) is 0 Å². The summed E-state index contributed by atoms with van der Waals surface area (Å²) in [6.45, 7) is 124. The van der Waals surface area contributed by atoms with Gasteiger partial charge in [0.25, 0.3) is 0 Å². The van der Waals surface area contributed by atoms with E-state index < -0.39 is 0 Å². The van der Waals surface area contributed by atoms with Crippen LogP contribution in [0.5, 0.6) is 0 Å². The molecule has 20 rings (SSSR count). The van der Waals surface area contributed by atoms with E-state index in [0.29, 0.717) is 101 Å². The highest BCUT2D eigenvalue weighted by Gasteiger charge is 2.49. The van der Waals surface area contributed by atoms with E-state index in [4.69, 9.17) is 0 Å². The summed E-state index contributed by atoms with van der Waals surface area (Å²) < 4.78 is 0. The number of anilines is 5. The molecule has 0 unspecified atom stereocenters. The van der Waals surface area contributed by atoms with Crippen LogP contribution in [-0.2, 0) is 32.1 Å². The molecule has 20 atom stereocenters. The van der Waals surface area contributed by atoms with Crippen LogP contribution in [0, 0.1) is 29.6 Å². The lowest BCUT2D eigenvalue weighted by atomic mass is 9.87. The summed E-state index contributed by atoms with van der Waals surface area (Å²) in [5.41, 5.74) is 32.5. The lowest BCUT2D eigenvalue weighted by molar-refractivity contribution is 0.521. The van der Waals surface area contributed by atoms with Gasteiger partial charge >= 0.3 is 0 Å². The van der Waals surface area contributed by atoms with E-state index >= 15 is 0 Å². The molecule has 0 radical (unpaired) electrons. The Morgan fingerprint density at radius 2 is 0.280 bits per heavy atom. The second-order valence-electron chi connectivity index (χ2n) is 37.6. The first-order valence-electron chi connectivity index (χ1n) is 59.5. The van der Waals surface area contributed by atoms with Gasteiger partial charge in [-0.15, -0.1) is 0 Å². The number of hydrogen-bond donors (Lipinski definition) is 0. The monoisotopic (exact) mass is 2080 g/mol. The lowest BCUT2D eigenvalue weighted by Crippen LogP contribution is -2.45. The highest BCUT2D eigenvalue weighted by atomic mass is 15.4. The van der Waals surface area contributed by atoms with Gasteiger partial charge in [-0.2, -0.15) is 0 Å². The molecular formula is C145H265N5. The largest absolute Gasteiger partial charge is 0.368 e. The fourth-order valence-corrected chi connectivity index (χ4v) is 24.5. The molecule has 5 heteroatoms. The summed E-state index contributed by atoms with van der Waals surface area (Å²) >= 11 is 0. The van der Waals surface area contributed by atoms with Gasteiger partial charge in [0.1, 0.15) is 0 Å². The molecule has 0 spiro atoms. The maximum absolute atomic E-state index is 2.85.